The highest BCUT2D eigenvalue weighted by Crippen LogP contribution is 2.26. The lowest BCUT2D eigenvalue weighted by Gasteiger charge is -2.00. The van der Waals surface area contributed by atoms with E-state index in [4.69, 9.17) is 0 Å². The highest BCUT2D eigenvalue weighted by Gasteiger charge is 2.09. The molecule has 3 aromatic heterocycles. The highest BCUT2D eigenvalue weighted by molar-refractivity contribution is 7.11. The van der Waals surface area contributed by atoms with Crippen molar-refractivity contribution in [2.45, 2.75) is 6.54 Å². The maximum Gasteiger partial charge on any atom is 0.134 e. The van der Waals surface area contributed by atoms with E-state index in [1.54, 1.807) is 18.6 Å². The van der Waals surface area contributed by atoms with Crippen LogP contribution < -0.4 is 0 Å². The lowest BCUT2D eigenvalue weighted by atomic mass is 10.2. The molecule has 0 aliphatic carbocycles. The minimum absolute atomic E-state index is 0.527. The number of aromatic nitrogens is 4. The van der Waals surface area contributed by atoms with Gasteiger partial charge < -0.3 is 0 Å². The molecule has 0 radical (unpaired) electrons. The number of hydrogen-bond acceptors (Lipinski definition) is 5. The van der Waals surface area contributed by atoms with Gasteiger partial charge in [0.25, 0.3) is 0 Å². The fourth-order valence-electron chi connectivity index (χ4n) is 2.67. The Morgan fingerprint density at radius 3 is 2.74 bits per heavy atom. The quantitative estimate of drug-likeness (QED) is 0.485. The molecule has 0 saturated heterocycles. The molecular formula is C21H15N5S. The topological polar surface area (TPSA) is 67.4 Å². The van der Waals surface area contributed by atoms with Gasteiger partial charge in [0, 0.05) is 35.1 Å². The van der Waals surface area contributed by atoms with Gasteiger partial charge in [-0.1, -0.05) is 30.3 Å². The van der Waals surface area contributed by atoms with Gasteiger partial charge in [-0.25, -0.2) is 4.98 Å². The molecule has 1 aromatic carbocycles. The Morgan fingerprint density at radius 2 is 1.96 bits per heavy atom. The first-order chi connectivity index (χ1) is 13.3. The van der Waals surface area contributed by atoms with E-state index >= 15 is 0 Å². The van der Waals surface area contributed by atoms with E-state index in [-0.39, 0.29) is 0 Å². The molecule has 0 aliphatic rings. The van der Waals surface area contributed by atoms with Crippen LogP contribution in [0.5, 0.6) is 0 Å². The van der Waals surface area contributed by atoms with Gasteiger partial charge in [0.1, 0.15) is 11.1 Å². The van der Waals surface area contributed by atoms with E-state index < -0.39 is 0 Å². The van der Waals surface area contributed by atoms with Crippen LogP contribution in [-0.4, -0.2) is 19.7 Å². The fourth-order valence-corrected chi connectivity index (χ4v) is 3.47. The summed E-state index contributed by atoms with van der Waals surface area (Å²) in [5.74, 6) is 0. The molecule has 0 unspecified atom stereocenters. The first kappa shape index (κ1) is 16.9. The van der Waals surface area contributed by atoms with Crippen LogP contribution in [0.3, 0.4) is 0 Å². The lowest BCUT2D eigenvalue weighted by Crippen LogP contribution is -1.99. The van der Waals surface area contributed by atoms with Gasteiger partial charge in [-0.3, -0.25) is 9.67 Å². The van der Waals surface area contributed by atoms with Crippen LogP contribution in [0.1, 0.15) is 16.1 Å². The number of rotatable bonds is 5. The van der Waals surface area contributed by atoms with Crippen LogP contribution in [0, 0.1) is 11.3 Å². The van der Waals surface area contributed by atoms with Crippen LogP contribution in [-0.2, 0) is 6.54 Å². The van der Waals surface area contributed by atoms with E-state index in [0.29, 0.717) is 17.1 Å². The zero-order chi connectivity index (χ0) is 18.5. The van der Waals surface area contributed by atoms with Crippen molar-refractivity contribution in [2.24, 2.45) is 0 Å². The summed E-state index contributed by atoms with van der Waals surface area (Å²) in [6.07, 6.45) is 8.98. The molecular weight excluding hydrogens is 354 g/mol. The Labute approximate surface area is 160 Å². The van der Waals surface area contributed by atoms with E-state index in [1.165, 1.54) is 16.9 Å². The molecule has 0 atom stereocenters. The summed E-state index contributed by atoms with van der Waals surface area (Å²) in [7, 11) is 0. The van der Waals surface area contributed by atoms with Gasteiger partial charge in [0.2, 0.25) is 0 Å². The van der Waals surface area contributed by atoms with Crippen LogP contribution in [0.4, 0.5) is 0 Å². The number of nitrogens with zero attached hydrogens (tertiary/aromatic N) is 5. The van der Waals surface area contributed by atoms with Crippen molar-refractivity contribution in [1.29, 1.82) is 5.26 Å². The summed E-state index contributed by atoms with van der Waals surface area (Å²) >= 11 is 1.46. The number of pyridine rings is 1. The summed E-state index contributed by atoms with van der Waals surface area (Å²) in [5, 5.41) is 16.6. The molecule has 5 nitrogen and oxygen atoms in total. The second-order valence-corrected chi connectivity index (χ2v) is 6.76. The monoisotopic (exact) mass is 369 g/mol. The van der Waals surface area contributed by atoms with Gasteiger partial charge in [0.15, 0.2) is 0 Å². The first-order valence-electron chi connectivity index (χ1n) is 8.36. The number of allylic oxidation sites excluding steroid dienone is 1. The van der Waals surface area contributed by atoms with Crippen molar-refractivity contribution in [3.8, 4) is 17.3 Å². The SMILES string of the molecule is N#C/C(=C/c1cnn(Cc2ccccc2)c1)c1nc(-c2ccncc2)cs1. The average Bonchev–Trinajstić information content (AvgIpc) is 3.37. The molecule has 0 N–H and O–H groups in total. The molecule has 4 aromatic rings. The second-order valence-electron chi connectivity index (χ2n) is 5.90. The Hall–Kier alpha value is -3.56. The lowest BCUT2D eigenvalue weighted by molar-refractivity contribution is 0.687. The van der Waals surface area contributed by atoms with Crippen LogP contribution in [0.25, 0.3) is 22.9 Å². The molecule has 0 saturated carbocycles. The van der Waals surface area contributed by atoms with E-state index in [2.05, 4.69) is 33.3 Å². The van der Waals surface area contributed by atoms with Gasteiger partial charge in [-0.15, -0.1) is 11.3 Å². The minimum Gasteiger partial charge on any atom is -0.268 e. The molecule has 6 heteroatoms. The summed E-state index contributed by atoms with van der Waals surface area (Å²) in [6.45, 7) is 0.694. The zero-order valence-corrected chi connectivity index (χ0v) is 15.2. The zero-order valence-electron chi connectivity index (χ0n) is 14.4. The van der Waals surface area contributed by atoms with Crippen molar-refractivity contribution in [2.75, 3.05) is 0 Å². The molecule has 0 aliphatic heterocycles. The predicted molar refractivity (Wildman–Crippen MR) is 107 cm³/mol. The maximum absolute atomic E-state index is 9.57. The largest absolute Gasteiger partial charge is 0.268 e. The molecule has 27 heavy (non-hydrogen) atoms. The summed E-state index contributed by atoms with van der Waals surface area (Å²) in [6, 6.07) is 16.2. The minimum atomic E-state index is 0.527. The van der Waals surface area contributed by atoms with Crippen LogP contribution >= 0.6 is 11.3 Å². The Kier molecular flexibility index (Phi) is 4.86. The smallest absolute Gasteiger partial charge is 0.134 e. The van der Waals surface area contributed by atoms with Crippen molar-refractivity contribution in [3.05, 3.63) is 88.8 Å². The Bertz CT molecular complexity index is 1100. The molecule has 0 fully saturated rings. The van der Waals surface area contributed by atoms with Crippen LogP contribution in [0.15, 0.2) is 72.6 Å². The first-order valence-corrected chi connectivity index (χ1v) is 9.24. The average molecular weight is 369 g/mol. The summed E-state index contributed by atoms with van der Waals surface area (Å²) < 4.78 is 1.86. The second kappa shape index (κ2) is 7.77. The van der Waals surface area contributed by atoms with Crippen molar-refractivity contribution >= 4 is 23.0 Å². The number of hydrogen-bond donors (Lipinski definition) is 0. The van der Waals surface area contributed by atoms with Crippen molar-refractivity contribution in [3.63, 3.8) is 0 Å². The Morgan fingerprint density at radius 1 is 1.15 bits per heavy atom. The third kappa shape index (κ3) is 4.00. The van der Waals surface area contributed by atoms with Gasteiger partial charge >= 0.3 is 0 Å². The van der Waals surface area contributed by atoms with Crippen molar-refractivity contribution in [1.82, 2.24) is 19.7 Å². The highest BCUT2D eigenvalue weighted by atomic mass is 32.1. The van der Waals surface area contributed by atoms with E-state index in [1.807, 2.05) is 52.7 Å². The third-order valence-corrected chi connectivity index (χ3v) is 4.86. The molecule has 0 spiro atoms. The third-order valence-electron chi connectivity index (χ3n) is 3.98. The van der Waals surface area contributed by atoms with E-state index in [9.17, 15) is 5.26 Å². The standard InChI is InChI=1S/C21H15N5S/c22-11-19(21-25-20(15-27-21)18-6-8-23-9-7-18)10-17-12-24-26(14-17)13-16-4-2-1-3-5-16/h1-10,12,14-15H,13H2/b19-10-. The normalized spacial score (nSPS) is 11.3. The van der Waals surface area contributed by atoms with Gasteiger partial charge in [0.05, 0.1) is 24.0 Å². The van der Waals surface area contributed by atoms with Crippen molar-refractivity contribution < 1.29 is 0 Å². The molecule has 3 heterocycles. The molecule has 0 amide bonds. The fraction of sp³-hybridized carbons (Fsp3) is 0.0476. The maximum atomic E-state index is 9.57. The molecule has 0 bridgehead atoms. The Balaban J connectivity index is 1.56. The summed E-state index contributed by atoms with van der Waals surface area (Å²) in [5.41, 5.74) is 4.42. The number of nitriles is 1. The van der Waals surface area contributed by atoms with Gasteiger partial charge in [-0.05, 0) is 23.8 Å². The van der Waals surface area contributed by atoms with Crippen LogP contribution in [0.2, 0.25) is 0 Å². The van der Waals surface area contributed by atoms with E-state index in [0.717, 1.165) is 16.8 Å². The molecule has 4 rings (SSSR count). The number of thiazole rings is 1. The molecule has 130 valence electrons. The number of benzene rings is 1. The summed E-state index contributed by atoms with van der Waals surface area (Å²) in [4.78, 5) is 8.61. The predicted octanol–water partition coefficient (Wildman–Crippen LogP) is 4.51. The van der Waals surface area contributed by atoms with Gasteiger partial charge in [-0.2, -0.15) is 10.4 Å².